The summed E-state index contributed by atoms with van der Waals surface area (Å²) in [6, 6.07) is 3.06. The Balaban J connectivity index is 1.45. The Morgan fingerprint density at radius 2 is 2.03 bits per heavy atom. The Morgan fingerprint density at radius 1 is 1.24 bits per heavy atom. The number of ether oxygens (including phenoxy) is 1. The lowest BCUT2D eigenvalue weighted by Gasteiger charge is -2.08. The lowest BCUT2D eigenvalue weighted by Crippen LogP contribution is -2.27. The van der Waals surface area contributed by atoms with Crippen LogP contribution >= 0.6 is 22.7 Å². The van der Waals surface area contributed by atoms with E-state index >= 15 is 0 Å². The van der Waals surface area contributed by atoms with Gasteiger partial charge in [0.05, 0.1) is 12.0 Å². The maximum Gasteiger partial charge on any atom is 0.307 e. The number of amides is 2. The third kappa shape index (κ3) is 5.21. The van der Waals surface area contributed by atoms with E-state index in [9.17, 15) is 22.8 Å². The first kappa shape index (κ1) is 21.4. The third-order valence-electron chi connectivity index (χ3n) is 4.17. The van der Waals surface area contributed by atoms with Gasteiger partial charge in [0, 0.05) is 11.4 Å². The highest BCUT2D eigenvalue weighted by molar-refractivity contribution is 7.91. The second kappa shape index (κ2) is 9.03. The fraction of sp³-hybridized carbons (Fsp3) is 0.353. The molecule has 2 aromatic rings. The van der Waals surface area contributed by atoms with Crippen molar-refractivity contribution in [3.8, 4) is 0 Å². The molecular weight excluding hydrogens is 438 g/mol. The summed E-state index contributed by atoms with van der Waals surface area (Å²) >= 11 is 2.37. The van der Waals surface area contributed by atoms with E-state index in [0.717, 1.165) is 41.0 Å². The topological polar surface area (TPSA) is 145 Å². The van der Waals surface area contributed by atoms with Gasteiger partial charge in [-0.3, -0.25) is 14.4 Å². The van der Waals surface area contributed by atoms with Gasteiger partial charge in [-0.05, 0) is 36.3 Å². The second-order valence-corrected chi connectivity index (χ2v) is 10.3. The maximum absolute atomic E-state index is 12.1. The Kier molecular flexibility index (Phi) is 6.67. The smallest absolute Gasteiger partial charge is 0.307 e. The van der Waals surface area contributed by atoms with Gasteiger partial charge in [-0.1, -0.05) is 6.07 Å². The number of aryl methyl sites for hydroxylation is 1. The number of nitrogens with two attached hydrogens (primary N) is 1. The Hall–Kier alpha value is -2.28. The second-order valence-electron chi connectivity index (χ2n) is 6.21. The number of sulfonamides is 1. The molecule has 2 amide bonds. The summed E-state index contributed by atoms with van der Waals surface area (Å²) in [6.07, 6.45) is 2.31. The standard InChI is InChI=1S/C17H19N3O6S3/c18-16(23)15-10-3-1-4-11(10)28-17(15)20-12(21)9-26-13(22)6-7-19-29(24,25)14-5-2-8-27-14/h2,5,8,19H,1,3-4,6-7,9H2,(H2,18,23)(H,20,21). The molecular formula is C17H19N3O6S3. The van der Waals surface area contributed by atoms with Crippen molar-refractivity contribution >= 4 is 55.5 Å². The molecule has 1 aliphatic rings. The fourth-order valence-electron chi connectivity index (χ4n) is 2.91. The highest BCUT2D eigenvalue weighted by Gasteiger charge is 2.26. The minimum absolute atomic E-state index is 0.149. The van der Waals surface area contributed by atoms with Crippen molar-refractivity contribution in [1.29, 1.82) is 0 Å². The zero-order valence-electron chi connectivity index (χ0n) is 15.2. The molecule has 0 spiro atoms. The molecule has 3 rings (SSSR count). The van der Waals surface area contributed by atoms with E-state index in [-0.39, 0.29) is 17.2 Å². The zero-order valence-corrected chi connectivity index (χ0v) is 17.7. The van der Waals surface area contributed by atoms with Crippen LogP contribution in [0.2, 0.25) is 0 Å². The number of carbonyl (C=O) groups excluding carboxylic acids is 3. The number of nitrogens with one attached hydrogen (secondary N) is 2. The van der Waals surface area contributed by atoms with Crippen molar-refractivity contribution in [3.05, 3.63) is 33.5 Å². The summed E-state index contributed by atoms with van der Waals surface area (Å²) in [4.78, 5) is 36.6. The highest BCUT2D eigenvalue weighted by atomic mass is 32.2. The molecule has 0 unspecified atom stereocenters. The summed E-state index contributed by atoms with van der Waals surface area (Å²) in [5.74, 6) is -1.92. The minimum atomic E-state index is -3.66. The van der Waals surface area contributed by atoms with Crippen molar-refractivity contribution in [2.45, 2.75) is 29.9 Å². The van der Waals surface area contributed by atoms with Gasteiger partial charge in [0.25, 0.3) is 11.8 Å². The number of primary amides is 1. The van der Waals surface area contributed by atoms with Crippen molar-refractivity contribution in [1.82, 2.24) is 4.72 Å². The number of rotatable bonds is 9. The van der Waals surface area contributed by atoms with Gasteiger partial charge in [-0.2, -0.15) is 0 Å². The lowest BCUT2D eigenvalue weighted by molar-refractivity contribution is -0.147. The SMILES string of the molecule is NC(=O)c1c(NC(=O)COC(=O)CCNS(=O)(=O)c2cccs2)sc2c1CCC2. The lowest BCUT2D eigenvalue weighted by atomic mass is 10.1. The molecule has 12 heteroatoms. The summed E-state index contributed by atoms with van der Waals surface area (Å²) < 4.78 is 31.2. The van der Waals surface area contributed by atoms with Crippen LogP contribution in [-0.2, 0) is 37.2 Å². The van der Waals surface area contributed by atoms with Crippen molar-refractivity contribution in [2.24, 2.45) is 5.73 Å². The molecule has 2 aromatic heterocycles. The number of carbonyl (C=O) groups is 3. The maximum atomic E-state index is 12.1. The van der Waals surface area contributed by atoms with Gasteiger partial charge in [0.15, 0.2) is 6.61 Å². The normalized spacial score (nSPS) is 13.1. The molecule has 2 heterocycles. The van der Waals surface area contributed by atoms with E-state index in [4.69, 9.17) is 10.5 Å². The average molecular weight is 458 g/mol. The molecule has 29 heavy (non-hydrogen) atoms. The minimum Gasteiger partial charge on any atom is -0.456 e. The van der Waals surface area contributed by atoms with E-state index in [2.05, 4.69) is 10.0 Å². The third-order valence-corrected chi connectivity index (χ3v) is 8.23. The van der Waals surface area contributed by atoms with Gasteiger partial charge in [0.1, 0.15) is 9.21 Å². The number of esters is 1. The molecule has 0 saturated carbocycles. The van der Waals surface area contributed by atoms with Crippen molar-refractivity contribution < 1.29 is 27.5 Å². The summed E-state index contributed by atoms with van der Waals surface area (Å²) in [5.41, 5.74) is 6.64. The highest BCUT2D eigenvalue weighted by Crippen LogP contribution is 2.38. The molecule has 9 nitrogen and oxygen atoms in total. The number of hydrogen-bond acceptors (Lipinski definition) is 8. The van der Waals surface area contributed by atoms with Crippen molar-refractivity contribution in [2.75, 3.05) is 18.5 Å². The van der Waals surface area contributed by atoms with E-state index in [0.29, 0.717) is 10.6 Å². The van der Waals surface area contributed by atoms with Crippen LogP contribution in [0.5, 0.6) is 0 Å². The fourth-order valence-corrected chi connectivity index (χ4v) is 6.29. The first-order chi connectivity index (χ1) is 13.8. The summed E-state index contributed by atoms with van der Waals surface area (Å²) in [7, 11) is -3.66. The van der Waals surface area contributed by atoms with Gasteiger partial charge in [-0.25, -0.2) is 13.1 Å². The van der Waals surface area contributed by atoms with Crippen LogP contribution in [0.15, 0.2) is 21.7 Å². The molecule has 0 saturated heterocycles. The number of fused-ring (bicyclic) bond motifs is 1. The molecule has 0 atom stereocenters. The quantitative estimate of drug-likeness (QED) is 0.483. The molecule has 0 bridgehead atoms. The zero-order chi connectivity index (χ0) is 21.0. The first-order valence-electron chi connectivity index (χ1n) is 8.71. The van der Waals surface area contributed by atoms with Crippen LogP contribution in [0.1, 0.15) is 33.6 Å². The number of hydrogen-bond donors (Lipinski definition) is 3. The number of thiophene rings is 2. The Labute approximate surface area is 175 Å². The van der Waals surface area contributed by atoms with Crippen LogP contribution in [0.3, 0.4) is 0 Å². The number of anilines is 1. The Bertz CT molecular complexity index is 1030. The van der Waals surface area contributed by atoms with E-state index < -0.39 is 34.4 Å². The monoisotopic (exact) mass is 457 g/mol. The molecule has 1 aliphatic carbocycles. The van der Waals surface area contributed by atoms with E-state index in [1.165, 1.54) is 17.4 Å². The average Bonchev–Trinajstić information content (AvgIpc) is 3.36. The van der Waals surface area contributed by atoms with Gasteiger partial charge < -0.3 is 15.8 Å². The molecule has 0 aromatic carbocycles. The van der Waals surface area contributed by atoms with Crippen molar-refractivity contribution in [3.63, 3.8) is 0 Å². The predicted molar refractivity (Wildman–Crippen MR) is 109 cm³/mol. The largest absolute Gasteiger partial charge is 0.456 e. The van der Waals surface area contributed by atoms with Crippen LogP contribution < -0.4 is 15.8 Å². The molecule has 156 valence electrons. The molecule has 0 fully saturated rings. The van der Waals surface area contributed by atoms with Gasteiger partial charge in [-0.15, -0.1) is 22.7 Å². The van der Waals surface area contributed by atoms with E-state index in [1.807, 2.05) is 0 Å². The summed E-state index contributed by atoms with van der Waals surface area (Å²) in [6.45, 7) is -0.693. The van der Waals surface area contributed by atoms with Gasteiger partial charge in [0.2, 0.25) is 10.0 Å². The van der Waals surface area contributed by atoms with E-state index in [1.54, 1.807) is 11.4 Å². The van der Waals surface area contributed by atoms with Gasteiger partial charge >= 0.3 is 5.97 Å². The van der Waals surface area contributed by atoms with Crippen LogP contribution in [0.25, 0.3) is 0 Å². The molecule has 4 N–H and O–H groups in total. The van der Waals surface area contributed by atoms with Crippen LogP contribution in [0.4, 0.5) is 5.00 Å². The predicted octanol–water partition coefficient (Wildman–Crippen LogP) is 1.25. The molecule has 0 radical (unpaired) electrons. The summed E-state index contributed by atoms with van der Waals surface area (Å²) in [5, 5.41) is 4.57. The van der Waals surface area contributed by atoms with Crippen LogP contribution in [-0.4, -0.2) is 39.4 Å². The molecule has 0 aliphatic heterocycles. The Morgan fingerprint density at radius 3 is 2.72 bits per heavy atom. The first-order valence-corrected chi connectivity index (χ1v) is 11.9. The van der Waals surface area contributed by atoms with Crippen LogP contribution in [0, 0.1) is 0 Å².